The Kier molecular flexibility index (Phi) is 3.51. The van der Waals surface area contributed by atoms with E-state index in [4.69, 9.17) is 11.2 Å². The Bertz CT molecular complexity index is 388. The minimum Gasteiger partial charge on any atom is -0.445 e. The number of hydrogen-bond donors (Lipinski definition) is 1. The molecule has 1 heterocycles. The van der Waals surface area contributed by atoms with Crippen LogP contribution in [0.25, 0.3) is 0 Å². The molecule has 0 saturated carbocycles. The van der Waals surface area contributed by atoms with E-state index in [9.17, 15) is 4.79 Å². The molecule has 0 bridgehead atoms. The zero-order valence-electron chi connectivity index (χ0n) is 9.07. The van der Waals surface area contributed by atoms with Crippen molar-refractivity contribution in [2.24, 2.45) is 0 Å². The van der Waals surface area contributed by atoms with E-state index in [0.29, 0.717) is 5.92 Å². The van der Waals surface area contributed by atoms with E-state index in [1.54, 1.807) is 13.0 Å². The minimum atomic E-state index is -0.531. The van der Waals surface area contributed by atoms with E-state index in [-0.39, 0.29) is 5.69 Å². The van der Waals surface area contributed by atoms with Gasteiger partial charge in [-0.3, -0.25) is 5.10 Å². The van der Waals surface area contributed by atoms with Crippen LogP contribution in [0.5, 0.6) is 0 Å². The Morgan fingerprint density at radius 3 is 2.73 bits per heavy atom. The fourth-order valence-corrected chi connectivity index (χ4v) is 0.992. The molecule has 0 aromatic carbocycles. The van der Waals surface area contributed by atoms with E-state index in [1.165, 1.54) is 0 Å². The second-order valence-electron chi connectivity index (χ2n) is 3.58. The van der Waals surface area contributed by atoms with Crippen molar-refractivity contribution in [2.45, 2.75) is 32.8 Å². The van der Waals surface area contributed by atoms with Crippen LogP contribution < -0.4 is 0 Å². The third kappa shape index (κ3) is 2.84. The molecule has 0 spiro atoms. The Morgan fingerprint density at radius 2 is 2.27 bits per heavy atom. The molecule has 1 aromatic heterocycles. The monoisotopic (exact) mass is 206 g/mol. The van der Waals surface area contributed by atoms with E-state index < -0.39 is 12.1 Å². The maximum atomic E-state index is 11.4. The topological polar surface area (TPSA) is 55.0 Å². The number of terminal acetylenes is 1. The van der Waals surface area contributed by atoms with Crippen LogP contribution in [0.15, 0.2) is 6.07 Å². The van der Waals surface area contributed by atoms with Crippen molar-refractivity contribution in [3.05, 3.63) is 17.5 Å². The van der Waals surface area contributed by atoms with Crippen LogP contribution in [0.1, 0.15) is 42.9 Å². The summed E-state index contributed by atoms with van der Waals surface area (Å²) in [5.74, 6) is 2.11. The first kappa shape index (κ1) is 11.3. The lowest BCUT2D eigenvalue weighted by Crippen LogP contribution is -2.13. The molecule has 0 fully saturated rings. The van der Waals surface area contributed by atoms with Gasteiger partial charge in [-0.1, -0.05) is 19.8 Å². The van der Waals surface area contributed by atoms with Gasteiger partial charge in [0.25, 0.3) is 0 Å². The number of rotatable bonds is 3. The van der Waals surface area contributed by atoms with Gasteiger partial charge in [-0.25, -0.2) is 4.79 Å². The molecule has 1 N–H and O–H groups in total. The molecule has 1 atom stereocenters. The van der Waals surface area contributed by atoms with Crippen molar-refractivity contribution < 1.29 is 9.53 Å². The Hall–Kier alpha value is -1.76. The van der Waals surface area contributed by atoms with Crippen molar-refractivity contribution in [1.82, 2.24) is 10.2 Å². The Labute approximate surface area is 89.0 Å². The molecule has 0 unspecified atom stereocenters. The molecule has 4 heteroatoms. The van der Waals surface area contributed by atoms with Gasteiger partial charge in [0, 0.05) is 5.69 Å². The highest BCUT2D eigenvalue weighted by molar-refractivity contribution is 5.87. The zero-order valence-corrected chi connectivity index (χ0v) is 9.07. The number of hydrogen-bond acceptors (Lipinski definition) is 3. The molecular formula is C11H14N2O2. The summed E-state index contributed by atoms with van der Waals surface area (Å²) in [6.45, 7) is 5.65. The maximum Gasteiger partial charge on any atom is 0.360 e. The van der Waals surface area contributed by atoms with Crippen LogP contribution in [-0.2, 0) is 4.74 Å². The second kappa shape index (κ2) is 4.65. The van der Waals surface area contributed by atoms with Gasteiger partial charge in [0.15, 0.2) is 11.8 Å². The summed E-state index contributed by atoms with van der Waals surface area (Å²) >= 11 is 0. The number of carbonyl (C=O) groups is 1. The van der Waals surface area contributed by atoms with Gasteiger partial charge in [0.1, 0.15) is 0 Å². The Balaban J connectivity index is 2.71. The summed E-state index contributed by atoms with van der Waals surface area (Å²) in [7, 11) is 0. The van der Waals surface area contributed by atoms with Crippen LogP contribution >= 0.6 is 0 Å². The van der Waals surface area contributed by atoms with Gasteiger partial charge >= 0.3 is 5.97 Å². The normalized spacial score (nSPS) is 12.2. The molecule has 0 amide bonds. The molecule has 0 radical (unpaired) electrons. The molecule has 4 nitrogen and oxygen atoms in total. The first-order valence-corrected chi connectivity index (χ1v) is 4.77. The van der Waals surface area contributed by atoms with Crippen LogP contribution in [0.3, 0.4) is 0 Å². The lowest BCUT2D eigenvalue weighted by molar-refractivity contribution is 0.0432. The third-order valence-corrected chi connectivity index (χ3v) is 1.95. The van der Waals surface area contributed by atoms with E-state index in [0.717, 1.165) is 5.69 Å². The smallest absolute Gasteiger partial charge is 0.360 e. The summed E-state index contributed by atoms with van der Waals surface area (Å²) in [5.41, 5.74) is 1.16. The Morgan fingerprint density at radius 1 is 1.60 bits per heavy atom. The molecule has 0 aliphatic carbocycles. The molecular weight excluding hydrogens is 192 g/mol. The van der Waals surface area contributed by atoms with Gasteiger partial charge in [-0.05, 0) is 18.9 Å². The summed E-state index contributed by atoms with van der Waals surface area (Å²) in [6.07, 6.45) is 4.57. The third-order valence-electron chi connectivity index (χ3n) is 1.95. The average molecular weight is 206 g/mol. The highest BCUT2D eigenvalue weighted by atomic mass is 16.5. The second-order valence-corrected chi connectivity index (χ2v) is 3.58. The first-order valence-electron chi connectivity index (χ1n) is 4.77. The van der Waals surface area contributed by atoms with Crippen LogP contribution in [0, 0.1) is 12.3 Å². The maximum absolute atomic E-state index is 11.4. The lowest BCUT2D eigenvalue weighted by atomic mass is 10.1. The van der Waals surface area contributed by atoms with Gasteiger partial charge in [0.05, 0.1) is 0 Å². The number of carbonyl (C=O) groups excluding carboxylic acids is 1. The fourth-order valence-electron chi connectivity index (χ4n) is 0.992. The van der Waals surface area contributed by atoms with Crippen molar-refractivity contribution in [3.8, 4) is 12.3 Å². The molecule has 15 heavy (non-hydrogen) atoms. The summed E-state index contributed by atoms with van der Waals surface area (Å²) < 4.78 is 4.92. The molecule has 0 aliphatic heterocycles. The fraction of sp³-hybridized carbons (Fsp3) is 0.455. The minimum absolute atomic E-state index is 0.265. The van der Waals surface area contributed by atoms with Crippen molar-refractivity contribution in [3.63, 3.8) is 0 Å². The van der Waals surface area contributed by atoms with Crippen LogP contribution in [0.2, 0.25) is 0 Å². The largest absolute Gasteiger partial charge is 0.445 e. The summed E-state index contributed by atoms with van der Waals surface area (Å²) in [6, 6.07) is 1.68. The molecule has 0 aliphatic rings. The summed E-state index contributed by atoms with van der Waals surface area (Å²) in [5, 5.41) is 6.63. The number of aromatic amines is 1. The highest BCUT2D eigenvalue weighted by Crippen LogP contribution is 2.12. The molecule has 80 valence electrons. The van der Waals surface area contributed by atoms with Crippen LogP contribution in [-0.4, -0.2) is 22.3 Å². The van der Waals surface area contributed by atoms with Gasteiger partial charge in [-0.2, -0.15) is 5.10 Å². The lowest BCUT2D eigenvalue weighted by Gasteiger charge is -2.04. The van der Waals surface area contributed by atoms with Crippen LogP contribution in [0.4, 0.5) is 0 Å². The number of nitrogens with zero attached hydrogens (tertiary/aromatic N) is 1. The highest BCUT2D eigenvalue weighted by Gasteiger charge is 2.15. The number of ether oxygens (including phenoxy) is 1. The van der Waals surface area contributed by atoms with E-state index in [2.05, 4.69) is 16.1 Å². The number of nitrogens with one attached hydrogen (secondary N) is 1. The zero-order chi connectivity index (χ0) is 11.4. The predicted octanol–water partition coefficient (Wildman–Crippen LogP) is 1.71. The molecule has 1 rings (SSSR count). The van der Waals surface area contributed by atoms with Gasteiger partial charge in [0.2, 0.25) is 0 Å². The van der Waals surface area contributed by atoms with Crippen molar-refractivity contribution >= 4 is 5.97 Å². The van der Waals surface area contributed by atoms with Gasteiger partial charge in [-0.15, -0.1) is 6.42 Å². The van der Waals surface area contributed by atoms with Crippen molar-refractivity contribution in [1.29, 1.82) is 0 Å². The number of esters is 1. The molecule has 1 aromatic rings. The predicted molar refractivity (Wildman–Crippen MR) is 56.4 cm³/mol. The number of H-pyrrole nitrogens is 1. The van der Waals surface area contributed by atoms with Crippen molar-refractivity contribution in [2.75, 3.05) is 0 Å². The average Bonchev–Trinajstić information content (AvgIpc) is 2.66. The number of aromatic nitrogens is 2. The van der Waals surface area contributed by atoms with E-state index in [1.807, 2.05) is 13.8 Å². The quantitative estimate of drug-likeness (QED) is 0.605. The molecule has 0 saturated heterocycles. The summed E-state index contributed by atoms with van der Waals surface area (Å²) in [4.78, 5) is 11.4. The standard InChI is InChI=1S/C11H14N2O2/c1-5-8(4)15-11(14)10-6-9(7(2)3)12-13-10/h1,6-8H,2-4H3,(H,12,13)/t8-/m1/s1. The SMILES string of the molecule is C#C[C@@H](C)OC(=O)c1cc(C(C)C)[nH]n1. The van der Waals surface area contributed by atoms with E-state index >= 15 is 0 Å². The first-order chi connectivity index (χ1) is 7.04. The van der Waals surface area contributed by atoms with Gasteiger partial charge < -0.3 is 4.74 Å².